The van der Waals surface area contributed by atoms with Crippen LogP contribution >= 0.6 is 0 Å². The third-order valence-corrected chi connectivity index (χ3v) is 3.81. The number of nitrogens with zero attached hydrogens (tertiary/aromatic N) is 1. The summed E-state index contributed by atoms with van der Waals surface area (Å²) in [5.74, 6) is -1.49. The largest absolute Gasteiger partial charge is 0.309 e. The molecule has 1 aromatic carbocycles. The van der Waals surface area contributed by atoms with Gasteiger partial charge in [0.25, 0.3) is 0 Å². The molecule has 0 radical (unpaired) electrons. The fraction of sp³-hybridized carbons (Fsp3) is 0.500. The number of hydrogen-bond donors (Lipinski definition) is 0. The number of piperidine rings is 1. The molecule has 1 amide bonds. The van der Waals surface area contributed by atoms with Crippen LogP contribution in [0.4, 0.5) is 10.1 Å². The average molecular weight is 277 g/mol. The minimum atomic E-state index is -0.622. The van der Waals surface area contributed by atoms with Crippen LogP contribution in [0.15, 0.2) is 18.2 Å². The highest BCUT2D eigenvalue weighted by atomic mass is 19.1. The van der Waals surface area contributed by atoms with Crippen molar-refractivity contribution in [2.45, 2.75) is 33.6 Å². The number of carbonyl (C=O) groups is 2. The molecule has 1 atom stereocenters. The van der Waals surface area contributed by atoms with Crippen LogP contribution in [0.5, 0.6) is 0 Å². The molecule has 0 spiro atoms. The van der Waals surface area contributed by atoms with Gasteiger partial charge in [0.1, 0.15) is 11.6 Å². The molecule has 0 N–H and O–H groups in total. The van der Waals surface area contributed by atoms with Crippen molar-refractivity contribution in [2.75, 3.05) is 11.4 Å². The topological polar surface area (TPSA) is 37.4 Å². The molecular weight excluding hydrogens is 257 g/mol. The highest BCUT2D eigenvalue weighted by molar-refractivity contribution is 6.09. The standard InChI is InChI=1S/C16H20FNO2/c1-10(2)15(19)12-7-5-9-18(16(12)20)13-8-4-6-11(3)14(13)17/h4,6,8,10,12H,5,7,9H2,1-3H3/t12-/m1/s1. The van der Waals surface area contributed by atoms with Crippen molar-refractivity contribution in [3.05, 3.63) is 29.6 Å². The van der Waals surface area contributed by atoms with Crippen LogP contribution < -0.4 is 4.90 Å². The highest BCUT2D eigenvalue weighted by Crippen LogP contribution is 2.29. The summed E-state index contributed by atoms with van der Waals surface area (Å²) in [5, 5.41) is 0. The Hall–Kier alpha value is -1.71. The number of rotatable bonds is 3. The molecule has 0 bridgehead atoms. The summed E-state index contributed by atoms with van der Waals surface area (Å²) in [5.41, 5.74) is 0.795. The lowest BCUT2D eigenvalue weighted by Crippen LogP contribution is -2.45. The Labute approximate surface area is 118 Å². The Bertz CT molecular complexity index is 539. The molecule has 0 unspecified atom stereocenters. The van der Waals surface area contributed by atoms with Gasteiger partial charge in [-0.3, -0.25) is 9.59 Å². The fourth-order valence-corrected chi connectivity index (χ4v) is 2.62. The molecule has 4 heteroatoms. The number of aryl methyl sites for hydroxylation is 1. The van der Waals surface area contributed by atoms with Gasteiger partial charge in [-0.05, 0) is 31.4 Å². The highest BCUT2D eigenvalue weighted by Gasteiger charge is 2.36. The molecule has 3 nitrogen and oxygen atoms in total. The third-order valence-electron chi connectivity index (χ3n) is 3.81. The molecule has 0 aliphatic carbocycles. The number of Topliss-reactive ketones (excluding diaryl/α,β-unsaturated/α-hetero) is 1. The summed E-state index contributed by atoms with van der Waals surface area (Å²) in [4.78, 5) is 26.0. The van der Waals surface area contributed by atoms with Crippen LogP contribution in [0, 0.1) is 24.6 Å². The van der Waals surface area contributed by atoms with Crippen molar-refractivity contribution < 1.29 is 14.0 Å². The average Bonchev–Trinajstić information content (AvgIpc) is 2.42. The zero-order valence-corrected chi connectivity index (χ0v) is 12.1. The maximum absolute atomic E-state index is 14.2. The first kappa shape index (κ1) is 14.7. The molecule has 1 aliphatic rings. The number of benzene rings is 1. The number of halogens is 1. The van der Waals surface area contributed by atoms with E-state index in [0.29, 0.717) is 18.5 Å². The molecule has 108 valence electrons. The quantitative estimate of drug-likeness (QED) is 0.796. The third kappa shape index (κ3) is 2.60. The van der Waals surface area contributed by atoms with Gasteiger partial charge in [-0.2, -0.15) is 0 Å². The van der Waals surface area contributed by atoms with Crippen molar-refractivity contribution in [1.29, 1.82) is 0 Å². The minimum Gasteiger partial charge on any atom is -0.309 e. The summed E-state index contributed by atoms with van der Waals surface area (Å²) in [6.07, 6.45) is 1.29. The maximum atomic E-state index is 14.2. The summed E-state index contributed by atoms with van der Waals surface area (Å²) in [7, 11) is 0. The number of hydrogen-bond acceptors (Lipinski definition) is 2. The molecule has 0 saturated carbocycles. The smallest absolute Gasteiger partial charge is 0.237 e. The van der Waals surface area contributed by atoms with E-state index in [2.05, 4.69) is 0 Å². The Morgan fingerprint density at radius 2 is 2.10 bits per heavy atom. The maximum Gasteiger partial charge on any atom is 0.237 e. The second-order valence-electron chi connectivity index (χ2n) is 5.65. The molecule has 2 rings (SSSR count). The van der Waals surface area contributed by atoms with Gasteiger partial charge < -0.3 is 4.90 Å². The van der Waals surface area contributed by atoms with E-state index < -0.39 is 5.92 Å². The van der Waals surface area contributed by atoms with E-state index in [1.165, 1.54) is 4.90 Å². The van der Waals surface area contributed by atoms with Crippen LogP contribution in [0.1, 0.15) is 32.3 Å². The molecule has 1 aromatic rings. The predicted octanol–water partition coefficient (Wildman–Crippen LogP) is 3.10. The zero-order chi connectivity index (χ0) is 14.9. The normalized spacial score (nSPS) is 19.6. The van der Waals surface area contributed by atoms with Crippen LogP contribution in [-0.4, -0.2) is 18.2 Å². The fourth-order valence-electron chi connectivity index (χ4n) is 2.62. The molecule has 1 aliphatic heterocycles. The number of amides is 1. The number of ketones is 1. The first-order chi connectivity index (χ1) is 9.43. The Morgan fingerprint density at radius 3 is 2.75 bits per heavy atom. The SMILES string of the molecule is Cc1cccc(N2CCC[C@H](C(=O)C(C)C)C2=O)c1F. The van der Waals surface area contributed by atoms with Crippen molar-refractivity contribution in [3.8, 4) is 0 Å². The summed E-state index contributed by atoms with van der Waals surface area (Å²) in [6.45, 7) is 5.73. The molecule has 20 heavy (non-hydrogen) atoms. The van der Waals surface area contributed by atoms with Gasteiger partial charge in [-0.1, -0.05) is 26.0 Å². The minimum absolute atomic E-state index is 0.0484. The molecule has 1 saturated heterocycles. The van der Waals surface area contributed by atoms with Gasteiger partial charge in [-0.15, -0.1) is 0 Å². The second kappa shape index (κ2) is 5.73. The number of carbonyl (C=O) groups excluding carboxylic acids is 2. The zero-order valence-electron chi connectivity index (χ0n) is 12.1. The van der Waals surface area contributed by atoms with Crippen LogP contribution in [0.3, 0.4) is 0 Å². The molecular formula is C16H20FNO2. The Kier molecular flexibility index (Phi) is 4.21. The second-order valence-corrected chi connectivity index (χ2v) is 5.65. The van der Waals surface area contributed by atoms with Gasteiger partial charge in [0, 0.05) is 12.5 Å². The van der Waals surface area contributed by atoms with Crippen LogP contribution in [-0.2, 0) is 9.59 Å². The van der Waals surface area contributed by atoms with E-state index in [-0.39, 0.29) is 29.1 Å². The first-order valence-electron chi connectivity index (χ1n) is 7.03. The van der Waals surface area contributed by atoms with E-state index >= 15 is 0 Å². The Morgan fingerprint density at radius 1 is 1.40 bits per heavy atom. The summed E-state index contributed by atoms with van der Waals surface area (Å²) >= 11 is 0. The molecule has 0 aromatic heterocycles. The van der Waals surface area contributed by atoms with E-state index in [1.807, 2.05) is 0 Å². The summed E-state index contributed by atoms with van der Waals surface area (Å²) < 4.78 is 14.2. The van der Waals surface area contributed by atoms with Gasteiger partial charge in [-0.25, -0.2) is 4.39 Å². The lowest BCUT2D eigenvalue weighted by atomic mass is 9.87. The van der Waals surface area contributed by atoms with Crippen LogP contribution in [0.25, 0.3) is 0 Å². The number of anilines is 1. The van der Waals surface area contributed by atoms with Crippen molar-refractivity contribution >= 4 is 17.4 Å². The lowest BCUT2D eigenvalue weighted by molar-refractivity contribution is -0.135. The van der Waals surface area contributed by atoms with Gasteiger partial charge in [0.05, 0.1) is 11.6 Å². The van der Waals surface area contributed by atoms with E-state index in [0.717, 1.165) is 6.42 Å². The monoisotopic (exact) mass is 277 g/mol. The Balaban J connectivity index is 2.31. The summed E-state index contributed by atoms with van der Waals surface area (Å²) in [6, 6.07) is 5.00. The van der Waals surface area contributed by atoms with Gasteiger partial charge in [0.15, 0.2) is 0 Å². The van der Waals surface area contributed by atoms with Crippen LogP contribution in [0.2, 0.25) is 0 Å². The molecule has 1 fully saturated rings. The van der Waals surface area contributed by atoms with Gasteiger partial charge >= 0.3 is 0 Å². The van der Waals surface area contributed by atoms with Crippen molar-refractivity contribution in [1.82, 2.24) is 0 Å². The van der Waals surface area contributed by atoms with E-state index in [4.69, 9.17) is 0 Å². The van der Waals surface area contributed by atoms with Crippen molar-refractivity contribution in [3.63, 3.8) is 0 Å². The van der Waals surface area contributed by atoms with E-state index in [1.54, 1.807) is 39.0 Å². The van der Waals surface area contributed by atoms with Crippen molar-refractivity contribution in [2.24, 2.45) is 11.8 Å². The first-order valence-corrected chi connectivity index (χ1v) is 7.03. The predicted molar refractivity (Wildman–Crippen MR) is 76.1 cm³/mol. The van der Waals surface area contributed by atoms with E-state index in [9.17, 15) is 14.0 Å². The molecule has 1 heterocycles. The lowest BCUT2D eigenvalue weighted by Gasteiger charge is -2.32. The van der Waals surface area contributed by atoms with Gasteiger partial charge in [0.2, 0.25) is 5.91 Å².